The molecule has 0 bridgehead atoms. The van der Waals surface area contributed by atoms with Gasteiger partial charge in [0.25, 0.3) is 0 Å². The molecule has 0 spiro atoms. The predicted octanol–water partition coefficient (Wildman–Crippen LogP) is 2.51. The summed E-state index contributed by atoms with van der Waals surface area (Å²) >= 11 is 4.90. The summed E-state index contributed by atoms with van der Waals surface area (Å²) in [7, 11) is 0. The normalized spacial score (nSPS) is 9.26. The van der Waals surface area contributed by atoms with Gasteiger partial charge in [-0.1, -0.05) is 54.4 Å². The Kier molecular flexibility index (Phi) is 6.12. The van der Waals surface area contributed by atoms with E-state index in [0.717, 1.165) is 11.3 Å². The number of hydroxylamine groups is 1. The Morgan fingerprint density at radius 3 is 2.43 bits per heavy atom. The topological polar surface area (TPSA) is 73.4 Å². The minimum atomic E-state index is -0.305. The zero-order valence-electron chi connectivity index (χ0n) is 12.2. The Hall–Kier alpha value is -2.88. The van der Waals surface area contributed by atoms with Crippen molar-refractivity contribution in [3.63, 3.8) is 0 Å². The molecule has 4 N–H and O–H groups in total. The monoisotopic (exact) mass is 325 g/mol. The number of carbonyl (C=O) groups excluding carboxylic acids is 1. The van der Waals surface area contributed by atoms with E-state index in [1.54, 1.807) is 36.4 Å². The van der Waals surface area contributed by atoms with Gasteiger partial charge in [0.1, 0.15) is 4.99 Å². The number of urea groups is 1. The fraction of sp³-hybridized carbons (Fsp3) is 0.0588. The fourth-order valence-electron chi connectivity index (χ4n) is 1.74. The summed E-state index contributed by atoms with van der Waals surface area (Å²) in [6.07, 6.45) is 0. The molecule has 2 aromatic rings. The summed E-state index contributed by atoms with van der Waals surface area (Å²) in [6.45, 7) is 0.233. The molecular weight excluding hydrogens is 310 g/mol. The van der Waals surface area contributed by atoms with Gasteiger partial charge in [0.05, 0.1) is 6.54 Å². The zero-order chi connectivity index (χ0) is 16.5. The highest BCUT2D eigenvalue weighted by Gasteiger charge is 1.99. The number of thiocarbonyl (C=S) groups is 1. The highest BCUT2D eigenvalue weighted by Crippen LogP contribution is 2.04. The lowest BCUT2D eigenvalue weighted by Gasteiger charge is -2.04. The first-order valence-corrected chi connectivity index (χ1v) is 7.23. The van der Waals surface area contributed by atoms with Crippen LogP contribution in [0.4, 0.5) is 10.5 Å². The second-order valence-corrected chi connectivity index (χ2v) is 4.90. The van der Waals surface area contributed by atoms with Crippen LogP contribution in [0.15, 0.2) is 54.6 Å². The Balaban J connectivity index is 1.81. The molecule has 0 aromatic heterocycles. The Morgan fingerprint density at radius 2 is 1.78 bits per heavy atom. The van der Waals surface area contributed by atoms with Crippen LogP contribution < -0.4 is 16.1 Å². The fourth-order valence-corrected chi connectivity index (χ4v) is 1.87. The molecule has 0 unspecified atom stereocenters. The molecule has 0 heterocycles. The molecule has 116 valence electrons. The van der Waals surface area contributed by atoms with Crippen molar-refractivity contribution in [1.82, 2.24) is 10.8 Å². The smallest absolute Gasteiger partial charge is 0.319 e. The van der Waals surface area contributed by atoms with Crippen LogP contribution in [0.3, 0.4) is 0 Å². The van der Waals surface area contributed by atoms with Crippen molar-refractivity contribution in [2.45, 2.75) is 0 Å². The first kappa shape index (κ1) is 16.5. The van der Waals surface area contributed by atoms with Gasteiger partial charge in [0.2, 0.25) is 0 Å². The molecule has 0 aliphatic carbocycles. The molecule has 0 radical (unpaired) electrons. The van der Waals surface area contributed by atoms with Crippen LogP contribution in [-0.2, 0) is 0 Å². The van der Waals surface area contributed by atoms with E-state index in [1.165, 1.54) is 0 Å². The number of hydrogen-bond acceptors (Lipinski definition) is 3. The third-order valence-electron chi connectivity index (χ3n) is 2.85. The Morgan fingerprint density at radius 1 is 1.09 bits per heavy atom. The van der Waals surface area contributed by atoms with E-state index in [0.29, 0.717) is 5.56 Å². The van der Waals surface area contributed by atoms with Crippen molar-refractivity contribution in [3.05, 3.63) is 65.7 Å². The molecule has 2 amide bonds. The third-order valence-corrected chi connectivity index (χ3v) is 3.18. The maximum absolute atomic E-state index is 11.6. The molecule has 2 rings (SSSR count). The van der Waals surface area contributed by atoms with Crippen molar-refractivity contribution < 1.29 is 10.0 Å². The van der Waals surface area contributed by atoms with Gasteiger partial charge < -0.3 is 10.6 Å². The van der Waals surface area contributed by atoms with Gasteiger partial charge in [-0.2, -0.15) is 0 Å². The highest BCUT2D eigenvalue weighted by atomic mass is 32.1. The average molecular weight is 325 g/mol. The Labute approximate surface area is 139 Å². The minimum Gasteiger partial charge on any atom is -0.327 e. The van der Waals surface area contributed by atoms with Gasteiger partial charge in [0.15, 0.2) is 0 Å². The van der Waals surface area contributed by atoms with E-state index in [9.17, 15) is 4.79 Å². The minimum absolute atomic E-state index is 0.233. The van der Waals surface area contributed by atoms with E-state index in [4.69, 9.17) is 17.4 Å². The van der Waals surface area contributed by atoms with E-state index < -0.39 is 0 Å². The molecule has 2 aromatic carbocycles. The number of para-hydroxylation sites is 1. The van der Waals surface area contributed by atoms with Gasteiger partial charge in [0, 0.05) is 16.8 Å². The third kappa shape index (κ3) is 5.43. The summed E-state index contributed by atoms with van der Waals surface area (Å²) < 4.78 is 0. The summed E-state index contributed by atoms with van der Waals surface area (Å²) in [6, 6.07) is 16.0. The summed E-state index contributed by atoms with van der Waals surface area (Å²) in [5.74, 6) is 5.79. The number of benzene rings is 2. The van der Waals surface area contributed by atoms with Crippen molar-refractivity contribution in [2.75, 3.05) is 11.9 Å². The van der Waals surface area contributed by atoms with Crippen molar-refractivity contribution in [1.29, 1.82) is 0 Å². The first-order chi connectivity index (χ1) is 11.2. The maximum atomic E-state index is 11.6. The predicted molar refractivity (Wildman–Crippen MR) is 93.4 cm³/mol. The summed E-state index contributed by atoms with van der Waals surface area (Å²) in [5.41, 5.74) is 4.14. The first-order valence-electron chi connectivity index (χ1n) is 6.82. The zero-order valence-corrected chi connectivity index (χ0v) is 13.0. The number of rotatable bonds is 3. The standard InChI is InChI=1S/C17H15N3O2S/c21-17(19-15-6-2-1-3-7-15)18-12-4-5-13-8-10-14(11-9-13)16(23)20-22/h1-3,6-11,22H,12H2,(H,20,23)(H2,18,19,21). The van der Waals surface area contributed by atoms with Crippen LogP contribution in [-0.4, -0.2) is 22.8 Å². The molecule has 0 saturated carbocycles. The van der Waals surface area contributed by atoms with Gasteiger partial charge in [-0.05, 0) is 24.3 Å². The Bertz CT molecular complexity index is 734. The second kappa shape index (κ2) is 8.54. The average Bonchev–Trinajstić information content (AvgIpc) is 2.59. The van der Waals surface area contributed by atoms with Gasteiger partial charge in [-0.15, -0.1) is 0 Å². The van der Waals surface area contributed by atoms with Crippen LogP contribution in [0.1, 0.15) is 11.1 Å². The molecule has 23 heavy (non-hydrogen) atoms. The summed E-state index contributed by atoms with van der Waals surface area (Å²) in [5, 5.41) is 14.1. The van der Waals surface area contributed by atoms with Crippen LogP contribution in [0.25, 0.3) is 0 Å². The van der Waals surface area contributed by atoms with Gasteiger partial charge in [-0.25, -0.2) is 4.79 Å². The van der Waals surface area contributed by atoms with E-state index in [1.807, 2.05) is 23.7 Å². The number of anilines is 1. The lowest BCUT2D eigenvalue weighted by molar-refractivity contribution is 0.238. The molecule has 5 nitrogen and oxygen atoms in total. The molecule has 0 fully saturated rings. The summed E-state index contributed by atoms with van der Waals surface area (Å²) in [4.78, 5) is 11.9. The number of nitrogens with one attached hydrogen (secondary N) is 3. The van der Waals surface area contributed by atoms with E-state index in [-0.39, 0.29) is 17.6 Å². The van der Waals surface area contributed by atoms with Crippen LogP contribution >= 0.6 is 12.2 Å². The van der Waals surface area contributed by atoms with E-state index >= 15 is 0 Å². The SMILES string of the molecule is O=C(NCC#Cc1ccc(C(=S)NO)cc1)Nc1ccccc1. The number of hydrogen-bond donors (Lipinski definition) is 4. The molecule has 6 heteroatoms. The van der Waals surface area contributed by atoms with Crippen LogP contribution in [0, 0.1) is 11.8 Å². The molecular formula is C17H15N3O2S. The largest absolute Gasteiger partial charge is 0.327 e. The second-order valence-electron chi connectivity index (χ2n) is 4.49. The van der Waals surface area contributed by atoms with Crippen molar-refractivity contribution in [2.24, 2.45) is 0 Å². The van der Waals surface area contributed by atoms with Gasteiger partial charge >= 0.3 is 6.03 Å². The van der Waals surface area contributed by atoms with Crippen molar-refractivity contribution >= 4 is 28.9 Å². The lowest BCUT2D eigenvalue weighted by Crippen LogP contribution is -2.28. The number of carbonyl (C=O) groups is 1. The number of amides is 2. The van der Waals surface area contributed by atoms with Crippen LogP contribution in [0.2, 0.25) is 0 Å². The lowest BCUT2D eigenvalue weighted by atomic mass is 10.1. The highest BCUT2D eigenvalue weighted by molar-refractivity contribution is 7.80. The quantitative estimate of drug-likeness (QED) is 0.397. The van der Waals surface area contributed by atoms with E-state index in [2.05, 4.69) is 22.5 Å². The molecule has 0 saturated heterocycles. The maximum Gasteiger partial charge on any atom is 0.319 e. The molecule has 0 aliphatic rings. The molecule has 0 aliphatic heterocycles. The van der Waals surface area contributed by atoms with Crippen molar-refractivity contribution in [3.8, 4) is 11.8 Å². The molecule has 0 atom stereocenters. The van der Waals surface area contributed by atoms with Gasteiger partial charge in [-0.3, -0.25) is 10.7 Å². The van der Waals surface area contributed by atoms with Crippen LogP contribution in [0.5, 0.6) is 0 Å².